The predicted molar refractivity (Wildman–Crippen MR) is 143 cm³/mol. The van der Waals surface area contributed by atoms with E-state index in [0.29, 0.717) is 16.8 Å². The molecule has 198 valence electrons. The Morgan fingerprint density at radius 1 is 0.949 bits per heavy atom. The summed E-state index contributed by atoms with van der Waals surface area (Å²) in [4.78, 5) is 26.7. The van der Waals surface area contributed by atoms with Crippen molar-refractivity contribution in [2.45, 2.75) is 39.2 Å². The molecule has 0 radical (unpaired) electrons. The van der Waals surface area contributed by atoms with E-state index in [-0.39, 0.29) is 24.2 Å². The number of carbonyl (C=O) groups is 1. The molecule has 5 aromatic rings. The fraction of sp³-hybridized carbons (Fsp3) is 0.207. The molecular formula is C29H26F2N6O2. The number of aromatic nitrogens is 6. The predicted octanol–water partition coefficient (Wildman–Crippen LogP) is 5.51. The Balaban J connectivity index is 1.54. The number of rotatable bonds is 9. The summed E-state index contributed by atoms with van der Waals surface area (Å²) in [5, 5.41) is 14.2. The third kappa shape index (κ3) is 5.18. The molecule has 0 atom stereocenters. The summed E-state index contributed by atoms with van der Waals surface area (Å²) in [5.41, 5.74) is 2.38. The van der Waals surface area contributed by atoms with Crippen LogP contribution in [0.4, 0.5) is 8.78 Å². The normalized spacial score (nSPS) is 11.3. The minimum absolute atomic E-state index is 0.0550. The van der Waals surface area contributed by atoms with Crippen LogP contribution in [0.3, 0.4) is 0 Å². The molecule has 8 nitrogen and oxygen atoms in total. The maximum atomic E-state index is 14.4. The number of benzene rings is 3. The molecule has 0 aliphatic rings. The first-order chi connectivity index (χ1) is 19.0. The number of hydrogen-bond donors (Lipinski definition) is 1. The van der Waals surface area contributed by atoms with Gasteiger partial charge in [0.1, 0.15) is 5.69 Å². The quantitative estimate of drug-likeness (QED) is 0.272. The highest BCUT2D eigenvalue weighted by Gasteiger charge is 2.29. The van der Waals surface area contributed by atoms with E-state index in [4.69, 9.17) is 0 Å². The van der Waals surface area contributed by atoms with E-state index in [2.05, 4.69) is 20.6 Å². The van der Waals surface area contributed by atoms with Crippen molar-refractivity contribution < 1.29 is 13.6 Å². The summed E-state index contributed by atoms with van der Waals surface area (Å²) in [5.74, 6) is -0.299. The largest absolute Gasteiger partial charge is 0.336 e. The van der Waals surface area contributed by atoms with Crippen LogP contribution >= 0.6 is 0 Å². The molecule has 0 bridgehead atoms. The smallest absolute Gasteiger partial charge is 0.291 e. The Morgan fingerprint density at radius 2 is 1.64 bits per heavy atom. The second kappa shape index (κ2) is 11.3. The molecule has 1 N–H and O–H groups in total. The molecule has 0 aliphatic heterocycles. The third-order valence-corrected chi connectivity index (χ3v) is 6.60. The number of tetrazole rings is 1. The van der Waals surface area contributed by atoms with Gasteiger partial charge in [0.15, 0.2) is 0 Å². The van der Waals surface area contributed by atoms with Crippen LogP contribution in [0, 0.1) is 0 Å². The average Bonchev–Trinajstić information content (AvgIpc) is 3.60. The zero-order chi connectivity index (χ0) is 27.4. The van der Waals surface area contributed by atoms with Crippen molar-refractivity contribution in [2.75, 3.05) is 0 Å². The fourth-order valence-electron chi connectivity index (χ4n) is 4.68. The molecule has 10 heteroatoms. The van der Waals surface area contributed by atoms with E-state index in [0.717, 1.165) is 28.7 Å². The Labute approximate surface area is 222 Å². The molecule has 0 aliphatic carbocycles. The summed E-state index contributed by atoms with van der Waals surface area (Å²) >= 11 is 0. The van der Waals surface area contributed by atoms with Gasteiger partial charge in [-0.05, 0) is 46.9 Å². The number of nitrogens with zero attached hydrogens (tertiary/aromatic N) is 5. The number of nitrogens with one attached hydrogen (secondary N) is 1. The Bertz CT molecular complexity index is 1630. The first kappa shape index (κ1) is 25.9. The van der Waals surface area contributed by atoms with Gasteiger partial charge >= 0.3 is 5.69 Å². The Kier molecular flexibility index (Phi) is 7.53. The van der Waals surface area contributed by atoms with Gasteiger partial charge in [-0.3, -0.25) is 9.36 Å². The second-order valence-electron chi connectivity index (χ2n) is 9.09. The molecule has 5 rings (SSSR count). The molecule has 0 saturated heterocycles. The maximum Gasteiger partial charge on any atom is 0.336 e. The van der Waals surface area contributed by atoms with E-state index >= 15 is 0 Å². The first-order valence-corrected chi connectivity index (χ1v) is 12.6. The van der Waals surface area contributed by atoms with Crippen LogP contribution in [-0.2, 0) is 13.0 Å². The fourth-order valence-corrected chi connectivity index (χ4v) is 4.68. The van der Waals surface area contributed by atoms with E-state index in [9.17, 15) is 18.4 Å². The Morgan fingerprint density at radius 3 is 2.28 bits per heavy atom. The van der Waals surface area contributed by atoms with Crippen molar-refractivity contribution >= 4 is 5.91 Å². The lowest BCUT2D eigenvalue weighted by atomic mass is 9.98. The third-order valence-electron chi connectivity index (χ3n) is 6.60. The molecular weight excluding hydrogens is 502 g/mol. The summed E-state index contributed by atoms with van der Waals surface area (Å²) in [6.07, 6.45) is -1.36. The number of imidazole rings is 1. The molecule has 0 saturated carbocycles. The molecule has 39 heavy (non-hydrogen) atoms. The van der Waals surface area contributed by atoms with Crippen LogP contribution in [0.25, 0.3) is 22.5 Å². The summed E-state index contributed by atoms with van der Waals surface area (Å²) in [7, 11) is 0. The van der Waals surface area contributed by atoms with Gasteiger partial charge in [-0.1, -0.05) is 80.1 Å². The van der Waals surface area contributed by atoms with Gasteiger partial charge in [0, 0.05) is 16.8 Å². The van der Waals surface area contributed by atoms with E-state index in [1.54, 1.807) is 18.2 Å². The maximum absolute atomic E-state index is 14.4. The van der Waals surface area contributed by atoms with Crippen LogP contribution in [0.5, 0.6) is 0 Å². The zero-order valence-corrected chi connectivity index (χ0v) is 21.2. The molecule has 0 spiro atoms. The molecule has 0 amide bonds. The van der Waals surface area contributed by atoms with E-state index in [1.807, 2.05) is 55.5 Å². The highest BCUT2D eigenvalue weighted by atomic mass is 19.3. The van der Waals surface area contributed by atoms with Gasteiger partial charge < -0.3 is 0 Å². The summed E-state index contributed by atoms with van der Waals surface area (Å²) in [6, 6.07) is 23.1. The minimum atomic E-state index is -2.98. The SMILES string of the molecule is CCCCc1c(C(F)F)n(C(=O)c2ccccc2)c(=O)n1Cc1ccc(-c2ccccc2-c2nn[nH]n2)cc1. The number of carbonyl (C=O) groups excluding carboxylic acids is 1. The van der Waals surface area contributed by atoms with Crippen LogP contribution in [-0.4, -0.2) is 35.7 Å². The highest BCUT2D eigenvalue weighted by Crippen LogP contribution is 2.30. The number of alkyl halides is 2. The Hall–Kier alpha value is -4.73. The molecule has 2 aromatic heterocycles. The lowest BCUT2D eigenvalue weighted by Crippen LogP contribution is -2.31. The number of halogens is 2. The van der Waals surface area contributed by atoms with Crippen molar-refractivity contribution in [1.29, 1.82) is 0 Å². The topological polar surface area (TPSA) is 98.5 Å². The van der Waals surface area contributed by atoms with Gasteiger partial charge in [0.05, 0.1) is 6.54 Å². The molecule has 3 aromatic carbocycles. The van der Waals surface area contributed by atoms with E-state index in [1.165, 1.54) is 16.7 Å². The van der Waals surface area contributed by atoms with Gasteiger partial charge in [0.25, 0.3) is 12.3 Å². The van der Waals surface area contributed by atoms with Gasteiger partial charge in [0.2, 0.25) is 5.82 Å². The number of hydrogen-bond acceptors (Lipinski definition) is 5. The van der Waals surface area contributed by atoms with Crippen molar-refractivity contribution in [1.82, 2.24) is 29.8 Å². The van der Waals surface area contributed by atoms with Crippen LogP contribution in [0.1, 0.15) is 53.5 Å². The molecule has 0 fully saturated rings. The van der Waals surface area contributed by atoms with E-state index < -0.39 is 23.7 Å². The zero-order valence-electron chi connectivity index (χ0n) is 21.2. The second-order valence-corrected chi connectivity index (χ2v) is 9.09. The standard InChI is InChI=1S/C29H26F2N6O2/c1-2-3-13-24-25(26(30)31)37(28(38)21-9-5-4-6-10-21)29(39)36(24)18-19-14-16-20(17-15-19)22-11-7-8-12-23(22)27-32-34-35-33-27/h4-12,14-17,26H,2-3,13,18H2,1H3,(H,32,33,34,35). The average molecular weight is 529 g/mol. The van der Waals surface area contributed by atoms with Crippen LogP contribution in [0.2, 0.25) is 0 Å². The summed E-state index contributed by atoms with van der Waals surface area (Å²) < 4.78 is 30.7. The van der Waals surface area contributed by atoms with Crippen molar-refractivity contribution in [2.24, 2.45) is 0 Å². The number of unbranched alkanes of at least 4 members (excludes halogenated alkanes) is 1. The lowest BCUT2D eigenvalue weighted by molar-refractivity contribution is 0.0913. The van der Waals surface area contributed by atoms with Gasteiger partial charge in [-0.2, -0.15) is 5.21 Å². The van der Waals surface area contributed by atoms with Crippen molar-refractivity contribution in [3.63, 3.8) is 0 Å². The van der Waals surface area contributed by atoms with Gasteiger partial charge in [-0.15, -0.1) is 10.2 Å². The van der Waals surface area contributed by atoms with Crippen molar-refractivity contribution in [3.8, 4) is 22.5 Å². The summed E-state index contributed by atoms with van der Waals surface area (Å²) in [6.45, 7) is 2.00. The molecule has 2 heterocycles. The molecule has 0 unspecified atom stereocenters. The van der Waals surface area contributed by atoms with Crippen molar-refractivity contribution in [3.05, 3.63) is 112 Å². The number of H-pyrrole nitrogens is 1. The lowest BCUT2D eigenvalue weighted by Gasteiger charge is -2.11. The first-order valence-electron chi connectivity index (χ1n) is 12.6. The van der Waals surface area contributed by atoms with Gasteiger partial charge in [-0.25, -0.2) is 18.1 Å². The monoisotopic (exact) mass is 528 g/mol. The number of aromatic amines is 1. The highest BCUT2D eigenvalue weighted by molar-refractivity contribution is 5.96. The minimum Gasteiger partial charge on any atom is -0.291 e. The van der Waals surface area contributed by atoms with Crippen LogP contribution in [0.15, 0.2) is 83.7 Å². The van der Waals surface area contributed by atoms with Crippen LogP contribution < -0.4 is 5.69 Å².